The van der Waals surface area contributed by atoms with Gasteiger partial charge in [0.25, 0.3) is 0 Å². The van der Waals surface area contributed by atoms with Crippen LogP contribution in [0.15, 0.2) is 35.8 Å². The number of carboxylic acid groups (broad SMARTS) is 1. The van der Waals surface area contributed by atoms with Gasteiger partial charge in [-0.25, -0.2) is 4.79 Å². The van der Waals surface area contributed by atoms with Crippen LogP contribution in [0.4, 0.5) is 0 Å². The molecule has 3 rings (SSSR count). The maximum absolute atomic E-state index is 11.0. The van der Waals surface area contributed by atoms with Gasteiger partial charge in [-0.05, 0) is 29.3 Å². The molecule has 0 unspecified atom stereocenters. The molecule has 2 heterocycles. The highest BCUT2D eigenvalue weighted by atomic mass is 32.1. The fourth-order valence-electron chi connectivity index (χ4n) is 2.14. The summed E-state index contributed by atoms with van der Waals surface area (Å²) in [7, 11) is 0. The minimum atomic E-state index is -0.932. The van der Waals surface area contributed by atoms with Crippen molar-refractivity contribution in [3.8, 4) is 0 Å². The van der Waals surface area contributed by atoms with Crippen molar-refractivity contribution in [1.82, 2.24) is 9.78 Å². The van der Waals surface area contributed by atoms with Gasteiger partial charge in [0.1, 0.15) is 5.56 Å². The molecule has 0 bridgehead atoms. The largest absolute Gasteiger partial charge is 0.478 e. The van der Waals surface area contributed by atoms with Crippen LogP contribution in [0.1, 0.15) is 21.6 Å². The van der Waals surface area contributed by atoms with Crippen LogP contribution in [0.3, 0.4) is 0 Å². The van der Waals surface area contributed by atoms with Gasteiger partial charge in [0.15, 0.2) is 0 Å². The number of hydrogen-bond acceptors (Lipinski definition) is 3. The molecule has 0 aliphatic heterocycles. The van der Waals surface area contributed by atoms with E-state index in [9.17, 15) is 4.79 Å². The van der Waals surface area contributed by atoms with E-state index in [-0.39, 0.29) is 5.56 Å². The van der Waals surface area contributed by atoms with Gasteiger partial charge in [-0.15, -0.1) is 11.3 Å². The monoisotopic (exact) mass is 272 g/mol. The molecule has 0 aliphatic carbocycles. The number of aromatic nitrogens is 2. The topological polar surface area (TPSA) is 55.1 Å². The number of benzene rings is 1. The zero-order chi connectivity index (χ0) is 13.4. The summed E-state index contributed by atoms with van der Waals surface area (Å²) in [5.74, 6) is -0.932. The SMILES string of the molecule is Cc1nn(Cc2csc3ccccc23)cc1C(=O)O. The fourth-order valence-corrected chi connectivity index (χ4v) is 3.09. The van der Waals surface area contributed by atoms with Gasteiger partial charge in [0, 0.05) is 10.9 Å². The molecule has 4 nitrogen and oxygen atoms in total. The second-order valence-electron chi connectivity index (χ2n) is 4.39. The van der Waals surface area contributed by atoms with E-state index in [4.69, 9.17) is 5.11 Å². The van der Waals surface area contributed by atoms with E-state index in [0.717, 1.165) is 0 Å². The van der Waals surface area contributed by atoms with E-state index in [1.165, 1.54) is 15.6 Å². The summed E-state index contributed by atoms with van der Waals surface area (Å²) >= 11 is 1.69. The van der Waals surface area contributed by atoms with Gasteiger partial charge in [0.2, 0.25) is 0 Å². The normalized spacial score (nSPS) is 11.0. The molecular weight excluding hydrogens is 260 g/mol. The number of nitrogens with zero attached hydrogens (tertiary/aromatic N) is 2. The number of aromatic carboxylic acids is 1. The molecule has 5 heteroatoms. The molecule has 0 spiro atoms. The van der Waals surface area contributed by atoms with E-state index in [1.54, 1.807) is 29.1 Å². The number of fused-ring (bicyclic) bond motifs is 1. The summed E-state index contributed by atoms with van der Waals surface area (Å²) in [5.41, 5.74) is 1.98. The molecule has 3 aromatic rings. The summed E-state index contributed by atoms with van der Waals surface area (Å²) in [5, 5.41) is 16.6. The maximum atomic E-state index is 11.0. The molecule has 0 fully saturated rings. The molecular formula is C14H12N2O2S. The highest BCUT2D eigenvalue weighted by molar-refractivity contribution is 7.17. The van der Waals surface area contributed by atoms with Crippen molar-refractivity contribution in [3.05, 3.63) is 52.7 Å². The van der Waals surface area contributed by atoms with E-state index in [2.05, 4.69) is 22.6 Å². The van der Waals surface area contributed by atoms with E-state index in [0.29, 0.717) is 12.2 Å². The van der Waals surface area contributed by atoms with Crippen LogP contribution in [0.5, 0.6) is 0 Å². The number of rotatable bonds is 3. The van der Waals surface area contributed by atoms with Gasteiger partial charge < -0.3 is 5.11 Å². The third-order valence-corrected chi connectivity index (χ3v) is 4.08. The van der Waals surface area contributed by atoms with Crippen molar-refractivity contribution in [2.75, 3.05) is 0 Å². The lowest BCUT2D eigenvalue weighted by molar-refractivity contribution is 0.0696. The quantitative estimate of drug-likeness (QED) is 0.796. The Kier molecular flexibility index (Phi) is 2.83. The second kappa shape index (κ2) is 4.51. The molecule has 0 amide bonds. The molecule has 0 saturated carbocycles. The molecule has 1 N–H and O–H groups in total. The second-order valence-corrected chi connectivity index (χ2v) is 5.30. The minimum absolute atomic E-state index is 0.263. The number of carbonyl (C=O) groups is 1. The van der Waals surface area contributed by atoms with Crippen LogP contribution >= 0.6 is 11.3 Å². The van der Waals surface area contributed by atoms with Crippen LogP contribution in [0.2, 0.25) is 0 Å². The molecule has 2 aromatic heterocycles. The summed E-state index contributed by atoms with van der Waals surface area (Å²) in [6, 6.07) is 8.19. The summed E-state index contributed by atoms with van der Waals surface area (Å²) in [4.78, 5) is 11.0. The van der Waals surface area contributed by atoms with Gasteiger partial charge in [-0.2, -0.15) is 5.10 Å². The van der Waals surface area contributed by atoms with Crippen LogP contribution in [0, 0.1) is 6.92 Å². The third kappa shape index (κ3) is 2.13. The van der Waals surface area contributed by atoms with Crippen molar-refractivity contribution in [2.45, 2.75) is 13.5 Å². The molecule has 0 saturated heterocycles. The molecule has 19 heavy (non-hydrogen) atoms. The highest BCUT2D eigenvalue weighted by Crippen LogP contribution is 2.26. The lowest BCUT2D eigenvalue weighted by atomic mass is 10.2. The van der Waals surface area contributed by atoms with Crippen molar-refractivity contribution in [1.29, 1.82) is 0 Å². The Hall–Kier alpha value is -2.14. The molecule has 0 radical (unpaired) electrons. The van der Waals surface area contributed by atoms with Crippen LogP contribution in [-0.4, -0.2) is 20.9 Å². The Bertz CT molecular complexity index is 758. The third-order valence-electron chi connectivity index (χ3n) is 3.07. The Morgan fingerprint density at radius 2 is 2.21 bits per heavy atom. The minimum Gasteiger partial charge on any atom is -0.478 e. The molecule has 96 valence electrons. The lowest BCUT2D eigenvalue weighted by Gasteiger charge is -2.00. The van der Waals surface area contributed by atoms with Crippen molar-refractivity contribution < 1.29 is 9.90 Å². The maximum Gasteiger partial charge on any atom is 0.339 e. The average Bonchev–Trinajstić information content (AvgIpc) is 2.95. The Labute approximate surface area is 113 Å². The first-order valence-electron chi connectivity index (χ1n) is 5.87. The van der Waals surface area contributed by atoms with E-state index in [1.807, 2.05) is 12.1 Å². The number of carboxylic acids is 1. The molecule has 1 aromatic carbocycles. The standard InChI is InChI=1S/C14H12N2O2S/c1-9-12(14(17)18)7-16(15-9)6-10-8-19-13-5-3-2-4-11(10)13/h2-5,7-8H,6H2,1H3,(H,17,18). The molecule has 0 aliphatic rings. The number of aryl methyl sites for hydroxylation is 1. The smallest absolute Gasteiger partial charge is 0.339 e. The van der Waals surface area contributed by atoms with Crippen LogP contribution in [-0.2, 0) is 6.54 Å². The average molecular weight is 272 g/mol. The van der Waals surface area contributed by atoms with Crippen LogP contribution in [0.25, 0.3) is 10.1 Å². The first kappa shape index (κ1) is 11.9. The van der Waals surface area contributed by atoms with E-state index >= 15 is 0 Å². The highest BCUT2D eigenvalue weighted by Gasteiger charge is 2.12. The van der Waals surface area contributed by atoms with Gasteiger partial charge >= 0.3 is 5.97 Å². The predicted molar refractivity (Wildman–Crippen MR) is 74.9 cm³/mol. The summed E-state index contributed by atoms with van der Waals surface area (Å²) in [6.07, 6.45) is 1.59. The Morgan fingerprint density at radius 3 is 2.95 bits per heavy atom. The zero-order valence-electron chi connectivity index (χ0n) is 10.3. The van der Waals surface area contributed by atoms with Crippen LogP contribution < -0.4 is 0 Å². The van der Waals surface area contributed by atoms with Crippen molar-refractivity contribution >= 4 is 27.4 Å². The summed E-state index contributed by atoms with van der Waals surface area (Å²) in [6.45, 7) is 2.31. The summed E-state index contributed by atoms with van der Waals surface area (Å²) < 4.78 is 2.92. The number of thiophene rings is 1. The van der Waals surface area contributed by atoms with Gasteiger partial charge in [-0.3, -0.25) is 4.68 Å². The Morgan fingerprint density at radius 1 is 1.42 bits per heavy atom. The first-order chi connectivity index (χ1) is 9.15. The van der Waals surface area contributed by atoms with Gasteiger partial charge in [-0.1, -0.05) is 18.2 Å². The predicted octanol–water partition coefficient (Wildman–Crippen LogP) is 3.15. The Balaban J connectivity index is 1.97. The fraction of sp³-hybridized carbons (Fsp3) is 0.143. The zero-order valence-corrected chi connectivity index (χ0v) is 11.1. The number of hydrogen-bond donors (Lipinski definition) is 1. The van der Waals surface area contributed by atoms with Gasteiger partial charge in [0.05, 0.1) is 12.2 Å². The van der Waals surface area contributed by atoms with Crippen molar-refractivity contribution in [3.63, 3.8) is 0 Å². The van der Waals surface area contributed by atoms with Crippen molar-refractivity contribution in [2.24, 2.45) is 0 Å². The van der Waals surface area contributed by atoms with E-state index < -0.39 is 5.97 Å². The first-order valence-corrected chi connectivity index (χ1v) is 6.75. The molecule has 0 atom stereocenters. The lowest BCUT2D eigenvalue weighted by Crippen LogP contribution is -1.99.